The van der Waals surface area contributed by atoms with Gasteiger partial charge in [0.1, 0.15) is 11.7 Å². The lowest BCUT2D eigenvalue weighted by atomic mass is 10.2. The molecule has 2 aromatic rings. The first-order valence-corrected chi connectivity index (χ1v) is 5.39. The van der Waals surface area contributed by atoms with Crippen molar-refractivity contribution in [3.05, 3.63) is 12.5 Å². The van der Waals surface area contributed by atoms with Crippen LogP contribution in [0.5, 0.6) is 0 Å². The standard InChI is InChI=1S/C10H12FN5/c11-6-2-1-3-7(6)15-10-12-4-8-9(16-10)14-5-13-8/h4-7H,1-3H2,(H2,12,13,14,15,16)/t6-,7-/m0/s1. The Labute approximate surface area is 91.5 Å². The van der Waals surface area contributed by atoms with Crippen LogP contribution < -0.4 is 5.32 Å². The van der Waals surface area contributed by atoms with Crippen LogP contribution in [0.25, 0.3) is 11.2 Å². The third-order valence-electron chi connectivity index (χ3n) is 2.92. The van der Waals surface area contributed by atoms with Gasteiger partial charge >= 0.3 is 0 Å². The number of alkyl halides is 1. The van der Waals surface area contributed by atoms with Gasteiger partial charge in [-0.1, -0.05) is 0 Å². The van der Waals surface area contributed by atoms with Crippen LogP contribution in [0.3, 0.4) is 0 Å². The minimum absolute atomic E-state index is 0.152. The van der Waals surface area contributed by atoms with Gasteiger partial charge in [0.2, 0.25) is 5.95 Å². The highest BCUT2D eigenvalue weighted by Gasteiger charge is 2.27. The molecule has 1 aliphatic rings. The van der Waals surface area contributed by atoms with Crippen molar-refractivity contribution < 1.29 is 4.39 Å². The number of hydrogen-bond acceptors (Lipinski definition) is 4. The number of aromatic amines is 1. The average Bonchev–Trinajstić information content (AvgIpc) is 2.88. The lowest BCUT2D eigenvalue weighted by Gasteiger charge is -2.14. The van der Waals surface area contributed by atoms with Gasteiger partial charge in [-0.15, -0.1) is 0 Å². The number of fused-ring (bicyclic) bond motifs is 1. The van der Waals surface area contributed by atoms with Gasteiger partial charge < -0.3 is 10.3 Å². The summed E-state index contributed by atoms with van der Waals surface area (Å²) in [5, 5.41) is 3.03. The van der Waals surface area contributed by atoms with Gasteiger partial charge in [-0.3, -0.25) is 0 Å². The van der Waals surface area contributed by atoms with Crippen LogP contribution in [0.1, 0.15) is 19.3 Å². The summed E-state index contributed by atoms with van der Waals surface area (Å²) in [5.74, 6) is 0.464. The molecule has 1 aliphatic carbocycles. The van der Waals surface area contributed by atoms with Crippen LogP contribution in [-0.2, 0) is 0 Å². The maximum atomic E-state index is 13.4. The molecule has 2 N–H and O–H groups in total. The van der Waals surface area contributed by atoms with E-state index < -0.39 is 6.17 Å². The van der Waals surface area contributed by atoms with Crippen molar-refractivity contribution in [3.8, 4) is 0 Å². The predicted molar refractivity (Wildman–Crippen MR) is 57.8 cm³/mol. The minimum atomic E-state index is -0.791. The summed E-state index contributed by atoms with van der Waals surface area (Å²) < 4.78 is 13.4. The molecular formula is C10H12FN5. The molecule has 84 valence electrons. The molecule has 0 spiro atoms. The van der Waals surface area contributed by atoms with E-state index in [-0.39, 0.29) is 6.04 Å². The quantitative estimate of drug-likeness (QED) is 0.809. The van der Waals surface area contributed by atoms with Crippen LogP contribution in [-0.4, -0.2) is 32.1 Å². The molecule has 1 saturated carbocycles. The van der Waals surface area contributed by atoms with E-state index in [2.05, 4.69) is 25.3 Å². The number of halogens is 1. The fraction of sp³-hybridized carbons (Fsp3) is 0.500. The molecule has 0 radical (unpaired) electrons. The van der Waals surface area contributed by atoms with Gasteiger partial charge in [-0.05, 0) is 19.3 Å². The van der Waals surface area contributed by atoms with Crippen LogP contribution in [0, 0.1) is 0 Å². The molecule has 0 aromatic carbocycles. The van der Waals surface area contributed by atoms with E-state index in [1.165, 1.54) is 0 Å². The molecule has 0 bridgehead atoms. The summed E-state index contributed by atoms with van der Waals surface area (Å²) in [6, 6.07) is -0.152. The molecule has 1 fully saturated rings. The van der Waals surface area contributed by atoms with Crippen LogP contribution >= 0.6 is 0 Å². The number of nitrogens with one attached hydrogen (secondary N) is 2. The fourth-order valence-electron chi connectivity index (χ4n) is 2.05. The van der Waals surface area contributed by atoms with Gasteiger partial charge in [0.05, 0.1) is 18.6 Å². The molecule has 2 heterocycles. The van der Waals surface area contributed by atoms with Gasteiger partial charge in [-0.25, -0.2) is 14.4 Å². The molecule has 16 heavy (non-hydrogen) atoms. The van der Waals surface area contributed by atoms with E-state index in [0.29, 0.717) is 23.5 Å². The van der Waals surface area contributed by atoms with Crippen molar-refractivity contribution in [1.29, 1.82) is 0 Å². The summed E-state index contributed by atoms with van der Waals surface area (Å²) >= 11 is 0. The maximum Gasteiger partial charge on any atom is 0.225 e. The maximum absolute atomic E-state index is 13.4. The Balaban J connectivity index is 1.83. The van der Waals surface area contributed by atoms with E-state index in [9.17, 15) is 4.39 Å². The summed E-state index contributed by atoms with van der Waals surface area (Å²) in [4.78, 5) is 15.3. The van der Waals surface area contributed by atoms with Crippen molar-refractivity contribution >= 4 is 17.1 Å². The molecule has 0 amide bonds. The Bertz CT molecular complexity index is 497. The molecule has 3 rings (SSSR count). The molecule has 6 heteroatoms. The molecular weight excluding hydrogens is 209 g/mol. The fourth-order valence-corrected chi connectivity index (χ4v) is 2.05. The predicted octanol–water partition coefficient (Wildman–Crippen LogP) is 1.66. The van der Waals surface area contributed by atoms with Crippen molar-refractivity contribution in [2.45, 2.75) is 31.5 Å². The van der Waals surface area contributed by atoms with Gasteiger partial charge in [0.25, 0.3) is 0 Å². The highest BCUT2D eigenvalue weighted by atomic mass is 19.1. The van der Waals surface area contributed by atoms with E-state index >= 15 is 0 Å². The Kier molecular flexibility index (Phi) is 2.19. The van der Waals surface area contributed by atoms with Crippen molar-refractivity contribution in [2.24, 2.45) is 0 Å². The highest BCUT2D eigenvalue weighted by Crippen LogP contribution is 2.24. The second-order valence-electron chi connectivity index (χ2n) is 4.03. The highest BCUT2D eigenvalue weighted by molar-refractivity contribution is 5.69. The summed E-state index contributed by atoms with van der Waals surface area (Å²) in [6.07, 6.45) is 4.79. The number of imidazole rings is 1. The molecule has 2 atom stereocenters. The number of nitrogens with zero attached hydrogens (tertiary/aromatic N) is 3. The smallest absolute Gasteiger partial charge is 0.225 e. The zero-order valence-corrected chi connectivity index (χ0v) is 8.65. The lowest BCUT2D eigenvalue weighted by Crippen LogP contribution is -2.25. The average molecular weight is 221 g/mol. The summed E-state index contributed by atoms with van der Waals surface area (Å²) in [7, 11) is 0. The van der Waals surface area contributed by atoms with E-state index in [0.717, 1.165) is 12.8 Å². The third-order valence-corrected chi connectivity index (χ3v) is 2.92. The Morgan fingerprint density at radius 2 is 2.31 bits per heavy atom. The third kappa shape index (κ3) is 1.60. The first-order chi connectivity index (χ1) is 7.83. The Morgan fingerprint density at radius 3 is 3.12 bits per heavy atom. The number of hydrogen-bond donors (Lipinski definition) is 2. The van der Waals surface area contributed by atoms with Crippen LogP contribution in [0.4, 0.5) is 10.3 Å². The molecule has 0 aliphatic heterocycles. The zero-order chi connectivity index (χ0) is 11.0. The van der Waals surface area contributed by atoms with Crippen LogP contribution in [0.15, 0.2) is 12.5 Å². The minimum Gasteiger partial charge on any atom is -0.349 e. The van der Waals surface area contributed by atoms with Crippen molar-refractivity contribution in [3.63, 3.8) is 0 Å². The molecule has 0 saturated heterocycles. The topological polar surface area (TPSA) is 66.5 Å². The Hall–Kier alpha value is -1.72. The monoisotopic (exact) mass is 221 g/mol. The number of anilines is 1. The van der Waals surface area contributed by atoms with E-state index in [1.807, 2.05) is 0 Å². The number of aromatic nitrogens is 4. The second kappa shape index (κ2) is 3.70. The SMILES string of the molecule is F[C@H]1CCC[C@@H]1Nc1ncc2nc[nH]c2n1. The number of rotatable bonds is 2. The number of H-pyrrole nitrogens is 1. The lowest BCUT2D eigenvalue weighted by molar-refractivity contribution is 0.323. The molecule has 0 unspecified atom stereocenters. The zero-order valence-electron chi connectivity index (χ0n) is 8.65. The van der Waals surface area contributed by atoms with Gasteiger partial charge in [0, 0.05) is 0 Å². The van der Waals surface area contributed by atoms with Gasteiger partial charge in [0.15, 0.2) is 5.65 Å². The summed E-state index contributed by atoms with van der Waals surface area (Å²) in [6.45, 7) is 0. The van der Waals surface area contributed by atoms with Crippen molar-refractivity contribution in [2.75, 3.05) is 5.32 Å². The molecule has 5 nitrogen and oxygen atoms in total. The second-order valence-corrected chi connectivity index (χ2v) is 4.03. The summed E-state index contributed by atoms with van der Waals surface area (Å²) in [5.41, 5.74) is 1.39. The van der Waals surface area contributed by atoms with E-state index in [1.54, 1.807) is 12.5 Å². The first kappa shape index (κ1) is 9.50. The van der Waals surface area contributed by atoms with Gasteiger partial charge in [-0.2, -0.15) is 4.98 Å². The Morgan fingerprint density at radius 1 is 1.38 bits per heavy atom. The molecule has 2 aromatic heterocycles. The van der Waals surface area contributed by atoms with Crippen LogP contribution in [0.2, 0.25) is 0 Å². The largest absolute Gasteiger partial charge is 0.349 e. The first-order valence-electron chi connectivity index (χ1n) is 5.39. The van der Waals surface area contributed by atoms with Crippen molar-refractivity contribution in [1.82, 2.24) is 19.9 Å². The normalized spacial score (nSPS) is 25.1. The van der Waals surface area contributed by atoms with E-state index in [4.69, 9.17) is 0 Å².